The van der Waals surface area contributed by atoms with Crippen LogP contribution in [0.4, 0.5) is 0 Å². The number of hydrogen-bond donors (Lipinski definition) is 11. The van der Waals surface area contributed by atoms with E-state index in [0.717, 1.165) is 67.1 Å². The third-order valence-corrected chi connectivity index (χ3v) is 12.6. The quantitative estimate of drug-likeness (QED) is 0.0506. The smallest absolute Gasteiger partial charge is 0.326 e. The molecule has 6 atom stereocenters. The second-order valence-electron chi connectivity index (χ2n) is 17.6. The van der Waals surface area contributed by atoms with E-state index in [-0.39, 0.29) is 66.0 Å². The van der Waals surface area contributed by atoms with Crippen LogP contribution in [0.15, 0.2) is 71.7 Å². The molecule has 0 saturated heterocycles. The van der Waals surface area contributed by atoms with Gasteiger partial charge in [-0.1, -0.05) is 12.5 Å². The van der Waals surface area contributed by atoms with Crippen LogP contribution >= 0.6 is 0 Å². The number of aromatic nitrogens is 2. The van der Waals surface area contributed by atoms with Crippen LogP contribution in [0, 0.1) is 0 Å². The molecule has 2 heterocycles. The Kier molecular flexibility index (Phi) is 18.5. The number of aliphatic hydroxyl groups is 2. The van der Waals surface area contributed by atoms with Gasteiger partial charge >= 0.3 is 5.97 Å². The number of nitrogens with one attached hydrogen (secondary N) is 4. The molecule has 0 spiro atoms. The minimum atomic E-state index is -4.56. The number of aliphatic carboxylic acids is 1. The molecule has 1 aliphatic heterocycles. The lowest BCUT2D eigenvalue weighted by atomic mass is 9.93. The normalized spacial score (nSPS) is 18.7. The number of carboxylic acids is 1. The molecule has 6 rings (SSSR count). The third-order valence-electron chi connectivity index (χ3n) is 12.0. The van der Waals surface area contributed by atoms with Crippen molar-refractivity contribution in [2.75, 3.05) is 39.9 Å². The number of carbonyl (C=O) groups is 5. The van der Waals surface area contributed by atoms with Crippen LogP contribution in [0.1, 0.15) is 66.6 Å². The Morgan fingerprint density at radius 1 is 0.890 bits per heavy atom. The summed E-state index contributed by atoms with van der Waals surface area (Å²) in [6, 6.07) is 7.43. The molecule has 2 aliphatic rings. The minimum Gasteiger partial charge on any atom is -0.504 e. The molecule has 1 saturated carbocycles. The first-order valence-electron chi connectivity index (χ1n) is 23.2. The lowest BCUT2D eigenvalue weighted by Crippen LogP contribution is -2.57. The van der Waals surface area contributed by atoms with Crippen molar-refractivity contribution >= 4 is 39.8 Å². The van der Waals surface area contributed by atoms with E-state index < -0.39 is 101 Å². The molecule has 26 heteroatoms. The Hall–Kier alpha value is -7.20. The van der Waals surface area contributed by atoms with Crippen molar-refractivity contribution in [1.82, 2.24) is 35.4 Å². The van der Waals surface area contributed by atoms with Gasteiger partial charge in [0.2, 0.25) is 17.7 Å². The van der Waals surface area contributed by atoms with Gasteiger partial charge in [-0.15, -0.1) is 0 Å². The number of likely N-dealkylation sites (N-methyl/N-ethyl adjacent to an activating group) is 1. The highest BCUT2D eigenvalue weighted by Gasteiger charge is 2.37. The Bertz CT molecular complexity index is 2830. The van der Waals surface area contributed by atoms with Gasteiger partial charge < -0.3 is 67.0 Å². The summed E-state index contributed by atoms with van der Waals surface area (Å²) in [4.78, 5) is 83.5. The first-order valence-corrected chi connectivity index (χ1v) is 24.8. The van der Waals surface area contributed by atoms with E-state index in [1.165, 1.54) is 31.2 Å². The number of nitrogens with zero attached hydrogens (tertiary/aromatic N) is 3. The number of aromatic hydroxyl groups is 1. The Labute approximate surface area is 419 Å². The first-order chi connectivity index (χ1) is 34.7. The zero-order valence-electron chi connectivity index (χ0n) is 39.9. The van der Waals surface area contributed by atoms with Gasteiger partial charge in [0.05, 0.1) is 23.6 Å². The van der Waals surface area contributed by atoms with Crippen molar-refractivity contribution in [3.05, 3.63) is 93.9 Å². The number of aliphatic hydroxyl groups excluding tert-OH is 2. The average Bonchev–Trinajstić information content (AvgIpc) is 3.36. The molecule has 14 N–H and O–H groups in total. The van der Waals surface area contributed by atoms with E-state index >= 15 is 0 Å². The zero-order valence-corrected chi connectivity index (χ0v) is 40.7. The molecule has 4 aromatic rings. The van der Waals surface area contributed by atoms with Crippen molar-refractivity contribution in [2.45, 2.75) is 87.9 Å². The summed E-state index contributed by atoms with van der Waals surface area (Å²) >= 11 is 0. The van der Waals surface area contributed by atoms with E-state index in [1.54, 1.807) is 24.3 Å². The summed E-state index contributed by atoms with van der Waals surface area (Å²) in [6.45, 7) is -1.01. The largest absolute Gasteiger partial charge is 0.504 e. The number of fused-ring (bicyclic) bond motifs is 5. The third kappa shape index (κ3) is 14.5. The average molecular weight is 1040 g/mol. The fourth-order valence-electron chi connectivity index (χ4n) is 8.07. The van der Waals surface area contributed by atoms with Crippen LogP contribution in [0.2, 0.25) is 0 Å². The molecular formula is C47H60N10O15S. The highest BCUT2D eigenvalue weighted by molar-refractivity contribution is 7.87. The van der Waals surface area contributed by atoms with Crippen LogP contribution in [0.3, 0.4) is 0 Å². The molecule has 4 bridgehead atoms. The maximum Gasteiger partial charge on any atom is 0.326 e. The standard InChI is InChI=1S/C47H60N10O15S/c1-25-43(62)54-36(47(66)67)15-26-8-13-38(70-23-30(58)19-48)34(14-26)35-16-27(17-39(42(35)61)71-24-31(59)20-49)41(45(64)53-25)56(2)46(65)37(22-52-73(50,68)69)55-44(63)28-18-40(60)57(51-21-28)29-9-11-33(12-10-29)72-32-6-4-3-5-7-32/h8-14,16-18,21,25,30-32,36-37,41,52,58-59,61H,3-7,15,19-20,22-24,48-49H2,1-2H3,(H,53,64)(H,54,62)(H,55,63)(H,66,67)(H2,50,68,69)/t25-,30+,31+,36-,37-,41-/m0/s1. The number of amides is 4. The molecule has 1 aromatic heterocycles. The van der Waals surface area contributed by atoms with Crippen molar-refractivity contribution in [3.63, 3.8) is 0 Å². The summed E-state index contributed by atoms with van der Waals surface area (Å²) in [6.07, 6.45) is 3.57. The second kappa shape index (κ2) is 24.5. The summed E-state index contributed by atoms with van der Waals surface area (Å²) in [5.41, 5.74) is 10.5. The summed E-state index contributed by atoms with van der Waals surface area (Å²) in [5, 5.41) is 59.3. The number of ether oxygens (including phenoxy) is 3. The Morgan fingerprint density at radius 2 is 1.55 bits per heavy atom. The lowest BCUT2D eigenvalue weighted by molar-refractivity contribution is -0.143. The van der Waals surface area contributed by atoms with E-state index in [2.05, 4.69) is 21.0 Å². The van der Waals surface area contributed by atoms with Crippen LogP contribution in [0.25, 0.3) is 16.8 Å². The van der Waals surface area contributed by atoms with Gasteiger partial charge in [-0.05, 0) is 92.3 Å². The molecule has 394 valence electrons. The highest BCUT2D eigenvalue weighted by Crippen LogP contribution is 2.45. The van der Waals surface area contributed by atoms with Gasteiger partial charge in [0.15, 0.2) is 11.5 Å². The van der Waals surface area contributed by atoms with Gasteiger partial charge in [-0.2, -0.15) is 22.9 Å². The molecule has 25 nitrogen and oxygen atoms in total. The minimum absolute atomic E-state index is 0.00456. The molecule has 3 aromatic carbocycles. The highest BCUT2D eigenvalue weighted by atomic mass is 32.2. The molecule has 0 radical (unpaired) electrons. The molecule has 1 aliphatic carbocycles. The topological polar surface area (TPSA) is 392 Å². The number of nitrogens with two attached hydrogens (primary N) is 3. The van der Waals surface area contributed by atoms with E-state index in [4.69, 9.17) is 30.8 Å². The van der Waals surface area contributed by atoms with Crippen LogP contribution < -0.4 is 57.0 Å². The van der Waals surface area contributed by atoms with Crippen LogP contribution in [-0.4, -0.2) is 149 Å². The number of phenols is 1. The van der Waals surface area contributed by atoms with Crippen molar-refractivity contribution in [1.29, 1.82) is 0 Å². The fraction of sp³-hybridized carbons (Fsp3) is 0.426. The fourth-order valence-corrected chi connectivity index (χ4v) is 8.47. The molecule has 1 fully saturated rings. The number of hydrogen-bond acceptors (Lipinski definition) is 17. The first kappa shape index (κ1) is 55.1. The number of phenolic OH excluding ortho intramolecular Hbond substituents is 1. The van der Waals surface area contributed by atoms with Gasteiger partial charge in [0, 0.05) is 50.3 Å². The van der Waals surface area contributed by atoms with Crippen molar-refractivity contribution < 1.29 is 67.0 Å². The maximum atomic E-state index is 14.8. The number of carbonyl (C=O) groups excluding carboxylic acids is 4. The van der Waals surface area contributed by atoms with E-state index in [9.17, 15) is 57.6 Å². The maximum absolute atomic E-state index is 14.8. The Morgan fingerprint density at radius 3 is 2.16 bits per heavy atom. The van der Waals surface area contributed by atoms with Crippen molar-refractivity contribution in [3.8, 4) is 39.8 Å². The van der Waals surface area contributed by atoms with Crippen molar-refractivity contribution in [2.24, 2.45) is 16.6 Å². The van der Waals surface area contributed by atoms with Gasteiger partial charge in [0.25, 0.3) is 21.7 Å². The van der Waals surface area contributed by atoms with E-state index in [1.807, 2.05) is 4.72 Å². The number of rotatable bonds is 19. The number of carboxylic acid groups (broad SMARTS) is 1. The Balaban J connectivity index is 1.41. The predicted molar refractivity (Wildman–Crippen MR) is 261 cm³/mol. The summed E-state index contributed by atoms with van der Waals surface area (Å²) < 4.78 is 45.2. The monoisotopic (exact) mass is 1040 g/mol. The van der Waals surface area contributed by atoms with Gasteiger partial charge in [0.1, 0.15) is 61.1 Å². The number of benzene rings is 3. The zero-order chi connectivity index (χ0) is 53.1. The predicted octanol–water partition coefficient (Wildman–Crippen LogP) is -1.57. The SMILES string of the molecule is C[C@@H]1NC(=O)[C@@H](N(C)C(=O)[C@H](CNS(N)(=O)=O)NC(=O)c2cnn(-c3ccc(OC4CCCCC4)cc3)c(=O)c2)c2cc(OC[C@H](O)CN)c(O)c(c2)-c2cc(ccc2OC[C@H](O)CN)C[C@@H](C(=O)O)NC1=O. The molecular weight excluding hydrogens is 977 g/mol. The summed E-state index contributed by atoms with van der Waals surface area (Å²) in [5.74, 6) is -6.14. The van der Waals surface area contributed by atoms with Crippen LogP contribution in [-0.2, 0) is 35.8 Å². The van der Waals surface area contributed by atoms with Crippen LogP contribution in [0.5, 0.6) is 23.0 Å². The molecule has 0 unspecified atom stereocenters. The second-order valence-corrected chi connectivity index (χ2v) is 19.0. The molecule has 4 amide bonds. The van der Waals surface area contributed by atoms with Gasteiger partial charge in [-0.3, -0.25) is 24.0 Å². The summed E-state index contributed by atoms with van der Waals surface area (Å²) in [7, 11) is -3.46. The van der Waals surface area contributed by atoms with E-state index in [0.29, 0.717) is 17.0 Å². The molecule has 73 heavy (non-hydrogen) atoms. The van der Waals surface area contributed by atoms with Gasteiger partial charge in [-0.25, -0.2) is 9.93 Å². The lowest BCUT2D eigenvalue weighted by Gasteiger charge is -2.32.